The van der Waals surface area contributed by atoms with Gasteiger partial charge in [0, 0.05) is 5.69 Å². The quantitative estimate of drug-likeness (QED) is 0.765. The van der Waals surface area contributed by atoms with E-state index in [9.17, 15) is 0 Å². The Balaban J connectivity index is 2.03. The lowest BCUT2D eigenvalue weighted by Crippen LogP contribution is -1.97. The van der Waals surface area contributed by atoms with Crippen LogP contribution in [0.2, 0.25) is 0 Å². The van der Waals surface area contributed by atoms with Gasteiger partial charge >= 0.3 is 0 Å². The second-order valence-corrected chi connectivity index (χ2v) is 4.66. The lowest BCUT2D eigenvalue weighted by molar-refractivity contribution is 0.467. The van der Waals surface area contributed by atoms with Crippen LogP contribution in [0.4, 0.5) is 5.95 Å². The summed E-state index contributed by atoms with van der Waals surface area (Å²) in [4.78, 5) is 13.2. The number of aryl methyl sites for hydroxylation is 1. The van der Waals surface area contributed by atoms with E-state index in [2.05, 4.69) is 15.0 Å². The van der Waals surface area contributed by atoms with E-state index in [1.54, 1.807) is 6.20 Å². The number of thiophene rings is 1. The first-order valence-corrected chi connectivity index (χ1v) is 6.21. The van der Waals surface area contributed by atoms with E-state index in [0.29, 0.717) is 11.6 Å². The van der Waals surface area contributed by atoms with Crippen LogP contribution in [-0.4, -0.2) is 15.0 Å². The molecule has 3 heterocycles. The molecule has 5 nitrogen and oxygen atoms in total. The summed E-state index contributed by atoms with van der Waals surface area (Å²) in [5.41, 5.74) is 6.59. The lowest BCUT2D eigenvalue weighted by atomic mass is 10.3. The van der Waals surface area contributed by atoms with Crippen molar-refractivity contribution in [2.24, 2.45) is 0 Å². The average molecular weight is 258 g/mol. The fourth-order valence-corrected chi connectivity index (χ4v) is 2.31. The molecule has 0 fully saturated rings. The first kappa shape index (κ1) is 10.9. The molecular formula is C12H10N4OS. The van der Waals surface area contributed by atoms with Crippen molar-refractivity contribution in [1.82, 2.24) is 15.0 Å². The first-order valence-electron chi connectivity index (χ1n) is 5.33. The van der Waals surface area contributed by atoms with Gasteiger partial charge in [0.15, 0.2) is 0 Å². The van der Waals surface area contributed by atoms with Crippen molar-refractivity contribution in [2.75, 3.05) is 5.73 Å². The van der Waals surface area contributed by atoms with E-state index in [-0.39, 0.29) is 5.95 Å². The third kappa shape index (κ3) is 1.98. The monoisotopic (exact) mass is 258 g/mol. The predicted molar refractivity (Wildman–Crippen MR) is 70.9 cm³/mol. The lowest BCUT2D eigenvalue weighted by Gasteiger charge is -2.06. The fraction of sp³-hybridized carbons (Fsp3) is 0.0833. The van der Waals surface area contributed by atoms with Gasteiger partial charge in [-0.15, -0.1) is 11.3 Å². The number of fused-ring (bicyclic) bond motifs is 1. The van der Waals surface area contributed by atoms with Gasteiger partial charge in [0.25, 0.3) is 0 Å². The Morgan fingerprint density at radius 3 is 2.89 bits per heavy atom. The molecule has 0 unspecified atom stereocenters. The maximum atomic E-state index is 5.70. The van der Waals surface area contributed by atoms with Crippen LogP contribution in [0, 0.1) is 6.92 Å². The Bertz CT molecular complexity index is 693. The smallest absolute Gasteiger partial charge is 0.232 e. The molecule has 0 atom stereocenters. The molecular weight excluding hydrogens is 248 g/mol. The van der Waals surface area contributed by atoms with Gasteiger partial charge in [0.1, 0.15) is 10.6 Å². The molecule has 0 saturated carbocycles. The van der Waals surface area contributed by atoms with Crippen LogP contribution in [0.5, 0.6) is 11.6 Å². The maximum absolute atomic E-state index is 5.70. The van der Waals surface area contributed by atoms with E-state index < -0.39 is 0 Å². The molecule has 0 amide bonds. The summed E-state index contributed by atoms with van der Waals surface area (Å²) >= 11 is 1.50. The van der Waals surface area contributed by atoms with Crippen molar-refractivity contribution in [3.8, 4) is 11.6 Å². The molecule has 3 aromatic rings. The topological polar surface area (TPSA) is 73.9 Å². The van der Waals surface area contributed by atoms with Gasteiger partial charge < -0.3 is 10.5 Å². The van der Waals surface area contributed by atoms with Crippen LogP contribution >= 0.6 is 11.3 Å². The standard InChI is InChI=1S/C12H10N4OS/c1-7-2-3-8(6-14-7)17-10-9-4-5-18-11(9)16-12(13)15-10/h2-6H,1H3,(H2,13,15,16). The summed E-state index contributed by atoms with van der Waals surface area (Å²) in [6.45, 7) is 1.92. The van der Waals surface area contributed by atoms with Crippen LogP contribution in [0.3, 0.4) is 0 Å². The highest BCUT2D eigenvalue weighted by Gasteiger charge is 2.09. The Kier molecular flexibility index (Phi) is 2.56. The minimum Gasteiger partial charge on any atom is -0.437 e. The van der Waals surface area contributed by atoms with E-state index >= 15 is 0 Å². The number of pyridine rings is 1. The average Bonchev–Trinajstić information content (AvgIpc) is 2.80. The van der Waals surface area contributed by atoms with Crippen molar-refractivity contribution in [3.63, 3.8) is 0 Å². The third-order valence-electron chi connectivity index (χ3n) is 2.41. The van der Waals surface area contributed by atoms with Gasteiger partial charge in [-0.3, -0.25) is 4.98 Å². The highest BCUT2D eigenvalue weighted by molar-refractivity contribution is 7.16. The van der Waals surface area contributed by atoms with Gasteiger partial charge in [0.05, 0.1) is 11.6 Å². The van der Waals surface area contributed by atoms with Crippen molar-refractivity contribution >= 4 is 27.5 Å². The van der Waals surface area contributed by atoms with E-state index in [1.807, 2.05) is 30.5 Å². The summed E-state index contributed by atoms with van der Waals surface area (Å²) in [6, 6.07) is 5.64. The highest BCUT2D eigenvalue weighted by Crippen LogP contribution is 2.30. The third-order valence-corrected chi connectivity index (χ3v) is 3.21. The molecule has 0 spiro atoms. The molecule has 0 saturated heterocycles. The van der Waals surface area contributed by atoms with Gasteiger partial charge in [-0.05, 0) is 30.5 Å². The molecule has 0 aromatic carbocycles. The summed E-state index contributed by atoms with van der Waals surface area (Å²) in [6.07, 6.45) is 1.66. The van der Waals surface area contributed by atoms with Crippen LogP contribution in [0.15, 0.2) is 29.8 Å². The molecule has 6 heteroatoms. The molecule has 0 aliphatic rings. The summed E-state index contributed by atoms with van der Waals surface area (Å²) in [5.74, 6) is 1.30. The zero-order valence-electron chi connectivity index (χ0n) is 9.62. The number of nitrogen functional groups attached to an aromatic ring is 1. The second-order valence-electron chi connectivity index (χ2n) is 3.76. The van der Waals surface area contributed by atoms with E-state index in [1.165, 1.54) is 11.3 Å². The van der Waals surface area contributed by atoms with Crippen LogP contribution in [-0.2, 0) is 0 Å². The molecule has 3 aromatic heterocycles. The Morgan fingerprint density at radius 2 is 2.11 bits per heavy atom. The summed E-state index contributed by atoms with van der Waals surface area (Å²) in [5, 5.41) is 2.79. The molecule has 0 aliphatic heterocycles. The van der Waals surface area contributed by atoms with Gasteiger partial charge in [-0.1, -0.05) is 0 Å². The predicted octanol–water partition coefficient (Wildman–Crippen LogP) is 2.77. The number of ether oxygens (including phenoxy) is 1. The number of nitrogens with zero attached hydrogens (tertiary/aromatic N) is 3. The largest absolute Gasteiger partial charge is 0.437 e. The molecule has 3 rings (SSSR count). The molecule has 0 radical (unpaired) electrons. The number of anilines is 1. The van der Waals surface area contributed by atoms with Crippen molar-refractivity contribution in [1.29, 1.82) is 0 Å². The van der Waals surface area contributed by atoms with Crippen LogP contribution in [0.1, 0.15) is 5.69 Å². The first-order chi connectivity index (χ1) is 8.72. The number of aromatic nitrogens is 3. The molecule has 0 aliphatic carbocycles. The SMILES string of the molecule is Cc1ccc(Oc2nc(N)nc3sccc23)cn1. The van der Waals surface area contributed by atoms with Gasteiger partial charge in [-0.25, -0.2) is 4.98 Å². The minimum atomic E-state index is 0.208. The summed E-state index contributed by atoms with van der Waals surface area (Å²) in [7, 11) is 0. The van der Waals surface area contributed by atoms with Crippen molar-refractivity contribution in [2.45, 2.75) is 6.92 Å². The molecule has 90 valence electrons. The van der Waals surface area contributed by atoms with E-state index in [4.69, 9.17) is 10.5 Å². The zero-order valence-corrected chi connectivity index (χ0v) is 10.4. The molecule has 2 N–H and O–H groups in total. The number of rotatable bonds is 2. The number of hydrogen-bond acceptors (Lipinski definition) is 6. The maximum Gasteiger partial charge on any atom is 0.232 e. The van der Waals surface area contributed by atoms with Crippen molar-refractivity contribution < 1.29 is 4.74 Å². The minimum absolute atomic E-state index is 0.208. The Labute approximate surface area is 107 Å². The fourth-order valence-electron chi connectivity index (χ4n) is 1.55. The Morgan fingerprint density at radius 1 is 1.22 bits per heavy atom. The van der Waals surface area contributed by atoms with Crippen molar-refractivity contribution in [3.05, 3.63) is 35.5 Å². The summed E-state index contributed by atoms with van der Waals surface area (Å²) < 4.78 is 5.70. The normalized spacial score (nSPS) is 10.7. The van der Waals surface area contributed by atoms with Gasteiger partial charge in [0.2, 0.25) is 11.8 Å². The number of nitrogens with two attached hydrogens (primary N) is 1. The number of hydrogen-bond donors (Lipinski definition) is 1. The van der Waals surface area contributed by atoms with Gasteiger partial charge in [-0.2, -0.15) is 4.98 Å². The van der Waals surface area contributed by atoms with E-state index in [0.717, 1.165) is 15.9 Å². The second kappa shape index (κ2) is 4.23. The Hall–Kier alpha value is -2.21. The zero-order chi connectivity index (χ0) is 12.5. The molecule has 18 heavy (non-hydrogen) atoms. The molecule has 0 bridgehead atoms. The van der Waals surface area contributed by atoms with Crippen LogP contribution < -0.4 is 10.5 Å². The van der Waals surface area contributed by atoms with Crippen LogP contribution in [0.25, 0.3) is 10.2 Å². The highest BCUT2D eigenvalue weighted by atomic mass is 32.1.